The van der Waals surface area contributed by atoms with Crippen LogP contribution in [0, 0.1) is 0 Å². The largest absolute Gasteiger partial charge is 0.372 e. The lowest BCUT2D eigenvalue weighted by atomic mass is 10.0. The number of aromatic nitrogens is 1. The molecule has 0 unspecified atom stereocenters. The van der Waals surface area contributed by atoms with Crippen molar-refractivity contribution in [2.24, 2.45) is 0 Å². The van der Waals surface area contributed by atoms with Gasteiger partial charge in [-0.05, 0) is 25.8 Å². The summed E-state index contributed by atoms with van der Waals surface area (Å²) in [5, 5.41) is 7.52. The number of halogens is 2. The summed E-state index contributed by atoms with van der Waals surface area (Å²) in [6.45, 7) is 2.21. The zero-order valence-electron chi connectivity index (χ0n) is 10.1. The fraction of sp³-hybridized carbons (Fsp3) is 0.583. The van der Waals surface area contributed by atoms with E-state index in [-0.39, 0.29) is 5.54 Å². The molecule has 1 aromatic heterocycles. The van der Waals surface area contributed by atoms with Gasteiger partial charge in [-0.2, -0.15) is 0 Å². The molecular formula is C12H17Cl2N3. The van der Waals surface area contributed by atoms with Crippen LogP contribution < -0.4 is 10.6 Å². The zero-order valence-corrected chi connectivity index (χ0v) is 11.6. The lowest BCUT2D eigenvalue weighted by Crippen LogP contribution is -2.31. The summed E-state index contributed by atoms with van der Waals surface area (Å²) < 4.78 is 0. The van der Waals surface area contributed by atoms with Gasteiger partial charge in [0.05, 0.1) is 10.0 Å². The number of anilines is 2. The lowest BCUT2D eigenvalue weighted by molar-refractivity contribution is 0.531. The molecule has 0 aromatic carbocycles. The number of nitrogens with zero attached hydrogens (tertiary/aromatic N) is 1. The predicted molar refractivity (Wildman–Crippen MR) is 74.3 cm³/mol. The average Bonchev–Trinajstić information content (AvgIpc) is 2.69. The van der Waals surface area contributed by atoms with Gasteiger partial charge < -0.3 is 10.6 Å². The van der Waals surface area contributed by atoms with Crippen LogP contribution >= 0.6 is 23.2 Å². The Bertz CT molecular complexity index is 414. The van der Waals surface area contributed by atoms with Gasteiger partial charge in [0.15, 0.2) is 0 Å². The molecule has 0 aliphatic heterocycles. The molecule has 94 valence electrons. The van der Waals surface area contributed by atoms with E-state index in [4.69, 9.17) is 23.2 Å². The monoisotopic (exact) mass is 273 g/mol. The number of hydrogen-bond acceptors (Lipinski definition) is 3. The van der Waals surface area contributed by atoms with Gasteiger partial charge in [-0.1, -0.05) is 36.0 Å². The average molecular weight is 274 g/mol. The van der Waals surface area contributed by atoms with Crippen molar-refractivity contribution < 1.29 is 0 Å². The highest BCUT2D eigenvalue weighted by Gasteiger charge is 2.29. The quantitative estimate of drug-likeness (QED) is 0.868. The minimum absolute atomic E-state index is 0.107. The van der Waals surface area contributed by atoms with Crippen molar-refractivity contribution in [1.82, 2.24) is 4.98 Å². The van der Waals surface area contributed by atoms with Gasteiger partial charge in [0.2, 0.25) is 0 Å². The molecule has 1 aliphatic carbocycles. The van der Waals surface area contributed by atoms with Crippen LogP contribution in [-0.2, 0) is 0 Å². The molecule has 1 fully saturated rings. The molecule has 2 rings (SSSR count). The van der Waals surface area contributed by atoms with Gasteiger partial charge in [0, 0.05) is 12.6 Å². The van der Waals surface area contributed by atoms with Gasteiger partial charge in [-0.3, -0.25) is 0 Å². The summed E-state index contributed by atoms with van der Waals surface area (Å²) in [7, 11) is 1.79. The van der Waals surface area contributed by atoms with E-state index >= 15 is 0 Å². The SMILES string of the molecule is CNc1nc(NC2(C)CCCC2)c(Cl)cc1Cl. The molecule has 5 heteroatoms. The normalized spacial score (nSPS) is 18.1. The van der Waals surface area contributed by atoms with Crippen LogP contribution in [0.3, 0.4) is 0 Å². The van der Waals surface area contributed by atoms with Crippen molar-refractivity contribution in [2.45, 2.75) is 38.1 Å². The smallest absolute Gasteiger partial charge is 0.147 e. The van der Waals surface area contributed by atoms with Crippen LogP contribution in [0.5, 0.6) is 0 Å². The zero-order chi connectivity index (χ0) is 12.5. The molecule has 0 amide bonds. The van der Waals surface area contributed by atoms with Crippen LogP contribution in [0.15, 0.2) is 6.07 Å². The Balaban J connectivity index is 2.26. The summed E-state index contributed by atoms with van der Waals surface area (Å²) in [6, 6.07) is 1.72. The second kappa shape index (κ2) is 4.91. The molecule has 0 atom stereocenters. The number of hydrogen-bond donors (Lipinski definition) is 2. The van der Waals surface area contributed by atoms with E-state index in [9.17, 15) is 0 Å². The van der Waals surface area contributed by atoms with Crippen LogP contribution in [0.4, 0.5) is 11.6 Å². The Kier molecular flexibility index (Phi) is 3.69. The van der Waals surface area contributed by atoms with Gasteiger partial charge in [0.25, 0.3) is 0 Å². The predicted octanol–water partition coefficient (Wildman–Crippen LogP) is 4.17. The Morgan fingerprint density at radius 2 is 1.76 bits per heavy atom. The molecule has 0 saturated heterocycles. The van der Waals surface area contributed by atoms with Gasteiger partial charge in [-0.15, -0.1) is 0 Å². The van der Waals surface area contributed by atoms with Crippen molar-refractivity contribution in [2.75, 3.05) is 17.7 Å². The molecule has 1 aromatic rings. The topological polar surface area (TPSA) is 37.0 Å². The molecule has 3 nitrogen and oxygen atoms in total. The van der Waals surface area contributed by atoms with Gasteiger partial charge in [0.1, 0.15) is 11.6 Å². The molecule has 2 N–H and O–H groups in total. The van der Waals surface area contributed by atoms with Crippen molar-refractivity contribution in [3.63, 3.8) is 0 Å². The van der Waals surface area contributed by atoms with E-state index in [1.807, 2.05) is 0 Å². The van der Waals surface area contributed by atoms with Crippen molar-refractivity contribution in [1.29, 1.82) is 0 Å². The van der Waals surface area contributed by atoms with E-state index in [1.165, 1.54) is 12.8 Å². The maximum atomic E-state index is 6.16. The Hall–Kier alpha value is -0.670. The molecule has 0 bridgehead atoms. The van der Waals surface area contributed by atoms with Crippen molar-refractivity contribution in [3.05, 3.63) is 16.1 Å². The number of rotatable bonds is 3. The van der Waals surface area contributed by atoms with E-state index < -0.39 is 0 Å². The van der Waals surface area contributed by atoms with E-state index in [2.05, 4.69) is 22.5 Å². The number of pyridine rings is 1. The molecular weight excluding hydrogens is 257 g/mol. The first-order chi connectivity index (χ1) is 8.04. The third kappa shape index (κ3) is 2.78. The highest BCUT2D eigenvalue weighted by atomic mass is 35.5. The fourth-order valence-corrected chi connectivity index (χ4v) is 2.80. The minimum atomic E-state index is 0.107. The first-order valence-corrected chi connectivity index (χ1v) is 6.62. The van der Waals surface area contributed by atoms with Crippen molar-refractivity contribution >= 4 is 34.8 Å². The maximum absolute atomic E-state index is 6.16. The van der Waals surface area contributed by atoms with Crippen molar-refractivity contribution in [3.8, 4) is 0 Å². The lowest BCUT2D eigenvalue weighted by Gasteiger charge is -2.26. The summed E-state index contributed by atoms with van der Waals surface area (Å²) in [6.07, 6.45) is 4.83. The third-order valence-corrected chi connectivity index (χ3v) is 3.87. The van der Waals surface area contributed by atoms with Crippen LogP contribution in [0.1, 0.15) is 32.6 Å². The molecule has 17 heavy (non-hydrogen) atoms. The Morgan fingerprint density at radius 1 is 1.18 bits per heavy atom. The minimum Gasteiger partial charge on any atom is -0.372 e. The second-order valence-electron chi connectivity index (χ2n) is 4.79. The Morgan fingerprint density at radius 3 is 2.35 bits per heavy atom. The number of nitrogens with one attached hydrogen (secondary N) is 2. The third-order valence-electron chi connectivity index (χ3n) is 3.29. The second-order valence-corrected chi connectivity index (χ2v) is 5.61. The van der Waals surface area contributed by atoms with E-state index in [0.29, 0.717) is 21.7 Å². The summed E-state index contributed by atoms with van der Waals surface area (Å²) in [5.41, 5.74) is 0.107. The van der Waals surface area contributed by atoms with Crippen LogP contribution in [0.2, 0.25) is 10.0 Å². The molecule has 0 spiro atoms. The summed E-state index contributed by atoms with van der Waals surface area (Å²) >= 11 is 12.2. The summed E-state index contributed by atoms with van der Waals surface area (Å²) in [4.78, 5) is 4.41. The Labute approximate surface area is 112 Å². The highest BCUT2D eigenvalue weighted by Crippen LogP contribution is 2.36. The van der Waals surface area contributed by atoms with Crippen LogP contribution in [-0.4, -0.2) is 17.6 Å². The first kappa shape index (κ1) is 12.8. The van der Waals surface area contributed by atoms with E-state index in [0.717, 1.165) is 12.8 Å². The molecule has 1 saturated carbocycles. The van der Waals surface area contributed by atoms with Gasteiger partial charge >= 0.3 is 0 Å². The highest BCUT2D eigenvalue weighted by molar-refractivity contribution is 6.37. The fourth-order valence-electron chi connectivity index (χ4n) is 2.30. The van der Waals surface area contributed by atoms with Gasteiger partial charge in [-0.25, -0.2) is 4.98 Å². The molecule has 1 aliphatic rings. The molecule has 0 radical (unpaired) electrons. The van der Waals surface area contributed by atoms with Crippen LogP contribution in [0.25, 0.3) is 0 Å². The molecule has 1 heterocycles. The first-order valence-electron chi connectivity index (χ1n) is 5.86. The standard InChI is InChI=1S/C12H17Cl2N3/c1-12(5-3-4-6-12)17-11-9(14)7-8(13)10(15-2)16-11/h7H,3-6H2,1-2H3,(H2,15,16,17). The summed E-state index contributed by atoms with van der Waals surface area (Å²) in [5.74, 6) is 1.37. The van der Waals surface area contributed by atoms with E-state index in [1.54, 1.807) is 13.1 Å². The maximum Gasteiger partial charge on any atom is 0.147 e.